The van der Waals surface area contributed by atoms with Gasteiger partial charge in [-0.05, 0) is 54.2 Å². The van der Waals surface area contributed by atoms with Crippen molar-refractivity contribution in [2.45, 2.75) is 12.8 Å². The van der Waals surface area contributed by atoms with E-state index in [1.165, 1.54) is 6.07 Å². The Morgan fingerprint density at radius 2 is 1.90 bits per heavy atom. The third kappa shape index (κ3) is 4.47. The fourth-order valence-electron chi connectivity index (χ4n) is 2.18. The fourth-order valence-corrected chi connectivity index (χ4v) is 3.15. The van der Waals surface area contributed by atoms with Crippen molar-refractivity contribution in [3.63, 3.8) is 0 Å². The normalized spacial score (nSPS) is 12.4. The molecule has 2 aromatic carbocycles. The van der Waals surface area contributed by atoms with E-state index in [-0.39, 0.29) is 11.7 Å². The Kier molecular flexibility index (Phi) is 5.88. The third-order valence-corrected chi connectivity index (χ3v) is 4.44. The Morgan fingerprint density at radius 1 is 1.10 bits per heavy atom. The molecular weight excluding hydrogens is 362 g/mol. The van der Waals surface area contributed by atoms with Crippen molar-refractivity contribution in [1.29, 1.82) is 0 Å². The van der Waals surface area contributed by atoms with E-state index in [4.69, 9.17) is 23.2 Å². The predicted molar refractivity (Wildman–Crippen MR) is 87.2 cm³/mol. The topological polar surface area (TPSA) is 0 Å². The Bertz CT molecular complexity index is 586. The van der Waals surface area contributed by atoms with Crippen LogP contribution >= 0.6 is 39.1 Å². The predicted octanol–water partition coefficient (Wildman–Crippen LogP) is 5.88. The maximum atomic E-state index is 13.2. The molecule has 0 N–H and O–H groups in total. The first-order valence-corrected chi connectivity index (χ1v) is 8.03. The number of hydrogen-bond donors (Lipinski definition) is 0. The zero-order valence-electron chi connectivity index (χ0n) is 10.8. The van der Waals surface area contributed by atoms with Gasteiger partial charge in [0.15, 0.2) is 0 Å². The molecule has 0 amide bonds. The molecule has 2 rings (SSSR count). The summed E-state index contributed by atoms with van der Waals surface area (Å²) in [5.41, 5.74) is 2.03. The van der Waals surface area contributed by atoms with E-state index in [0.717, 1.165) is 33.5 Å². The van der Waals surface area contributed by atoms with Crippen LogP contribution in [0.3, 0.4) is 0 Å². The van der Waals surface area contributed by atoms with Crippen LogP contribution < -0.4 is 0 Å². The summed E-state index contributed by atoms with van der Waals surface area (Å²) in [5, 5.41) is 0.730. The molecular formula is C16H14BrCl2F. The molecule has 4 heteroatoms. The van der Waals surface area contributed by atoms with Crippen molar-refractivity contribution < 1.29 is 4.39 Å². The van der Waals surface area contributed by atoms with Gasteiger partial charge in [0.2, 0.25) is 0 Å². The van der Waals surface area contributed by atoms with E-state index < -0.39 is 0 Å². The molecule has 20 heavy (non-hydrogen) atoms. The summed E-state index contributed by atoms with van der Waals surface area (Å²) in [5.74, 6) is 0.540. The number of halogens is 4. The summed E-state index contributed by atoms with van der Waals surface area (Å²) in [6.45, 7) is 0. The van der Waals surface area contributed by atoms with Gasteiger partial charge in [-0.25, -0.2) is 4.39 Å². The molecule has 0 bridgehead atoms. The SMILES string of the molecule is Fc1cccc(CC(CCl)Cc2ccc(Br)cc2Cl)c1. The van der Waals surface area contributed by atoms with Gasteiger partial charge in [0, 0.05) is 15.4 Å². The van der Waals surface area contributed by atoms with E-state index in [1.807, 2.05) is 24.3 Å². The summed E-state index contributed by atoms with van der Waals surface area (Å²) >= 11 is 15.7. The molecule has 0 aliphatic heterocycles. The highest BCUT2D eigenvalue weighted by molar-refractivity contribution is 9.10. The molecule has 106 valence electrons. The Morgan fingerprint density at radius 3 is 2.55 bits per heavy atom. The molecule has 0 spiro atoms. The van der Waals surface area contributed by atoms with Crippen LogP contribution in [0.15, 0.2) is 46.9 Å². The minimum atomic E-state index is -0.211. The molecule has 0 saturated carbocycles. The lowest BCUT2D eigenvalue weighted by Gasteiger charge is -2.15. The molecule has 0 heterocycles. The Labute approximate surface area is 137 Å². The number of hydrogen-bond acceptors (Lipinski definition) is 0. The second kappa shape index (κ2) is 7.44. The van der Waals surface area contributed by atoms with E-state index in [9.17, 15) is 4.39 Å². The van der Waals surface area contributed by atoms with Crippen LogP contribution in [0.5, 0.6) is 0 Å². The molecule has 0 fully saturated rings. The lowest BCUT2D eigenvalue weighted by atomic mass is 9.94. The third-order valence-electron chi connectivity index (χ3n) is 3.16. The lowest BCUT2D eigenvalue weighted by Crippen LogP contribution is -2.10. The van der Waals surface area contributed by atoms with Gasteiger partial charge < -0.3 is 0 Å². The Balaban J connectivity index is 2.09. The maximum Gasteiger partial charge on any atom is 0.123 e. The van der Waals surface area contributed by atoms with Crippen LogP contribution in [0.2, 0.25) is 5.02 Å². The molecule has 0 radical (unpaired) electrons. The van der Waals surface area contributed by atoms with Crippen molar-refractivity contribution in [1.82, 2.24) is 0 Å². The molecule has 2 aromatic rings. The quantitative estimate of drug-likeness (QED) is 0.572. The van der Waals surface area contributed by atoms with E-state index >= 15 is 0 Å². The van der Waals surface area contributed by atoms with Crippen LogP contribution in [0.4, 0.5) is 4.39 Å². The molecule has 0 nitrogen and oxygen atoms in total. The van der Waals surface area contributed by atoms with Gasteiger partial charge >= 0.3 is 0 Å². The first kappa shape index (κ1) is 15.8. The van der Waals surface area contributed by atoms with Gasteiger partial charge in [0.1, 0.15) is 5.82 Å². The zero-order valence-corrected chi connectivity index (χ0v) is 13.8. The molecule has 0 aromatic heterocycles. The lowest BCUT2D eigenvalue weighted by molar-refractivity contribution is 0.576. The van der Waals surface area contributed by atoms with Crippen molar-refractivity contribution in [2.75, 3.05) is 5.88 Å². The van der Waals surface area contributed by atoms with E-state index in [2.05, 4.69) is 15.9 Å². The van der Waals surface area contributed by atoms with Gasteiger partial charge in [-0.2, -0.15) is 0 Å². The average molecular weight is 376 g/mol. The second-order valence-corrected chi connectivity index (χ2v) is 6.43. The Hall–Kier alpha value is -0.570. The summed E-state index contributed by atoms with van der Waals surface area (Å²) < 4.78 is 14.2. The van der Waals surface area contributed by atoms with Crippen LogP contribution in [-0.4, -0.2) is 5.88 Å². The summed E-state index contributed by atoms with van der Waals surface area (Å²) in [7, 11) is 0. The average Bonchev–Trinajstić information content (AvgIpc) is 2.41. The highest BCUT2D eigenvalue weighted by Crippen LogP contribution is 2.25. The van der Waals surface area contributed by atoms with Gasteiger partial charge in [0.25, 0.3) is 0 Å². The van der Waals surface area contributed by atoms with Gasteiger partial charge in [0.05, 0.1) is 0 Å². The monoisotopic (exact) mass is 374 g/mol. The van der Waals surface area contributed by atoms with Crippen molar-refractivity contribution >= 4 is 39.1 Å². The van der Waals surface area contributed by atoms with Crippen LogP contribution in [0.25, 0.3) is 0 Å². The van der Waals surface area contributed by atoms with Crippen LogP contribution in [-0.2, 0) is 12.8 Å². The summed E-state index contributed by atoms with van der Waals surface area (Å²) in [6, 6.07) is 12.5. The van der Waals surface area contributed by atoms with Crippen molar-refractivity contribution in [2.24, 2.45) is 5.92 Å². The van der Waals surface area contributed by atoms with Gasteiger partial charge in [-0.15, -0.1) is 11.6 Å². The maximum absolute atomic E-state index is 13.2. The van der Waals surface area contributed by atoms with E-state index in [0.29, 0.717) is 5.88 Å². The summed E-state index contributed by atoms with van der Waals surface area (Å²) in [6.07, 6.45) is 1.53. The smallest absolute Gasteiger partial charge is 0.123 e. The largest absolute Gasteiger partial charge is 0.207 e. The highest BCUT2D eigenvalue weighted by Gasteiger charge is 2.12. The molecule has 1 atom stereocenters. The highest BCUT2D eigenvalue weighted by atomic mass is 79.9. The second-order valence-electron chi connectivity index (χ2n) is 4.79. The van der Waals surface area contributed by atoms with Crippen molar-refractivity contribution in [3.8, 4) is 0 Å². The number of benzene rings is 2. The zero-order chi connectivity index (χ0) is 14.5. The van der Waals surface area contributed by atoms with Crippen molar-refractivity contribution in [3.05, 3.63) is 68.9 Å². The molecule has 0 aliphatic rings. The number of alkyl halides is 1. The first-order valence-electron chi connectivity index (χ1n) is 6.33. The van der Waals surface area contributed by atoms with Gasteiger partial charge in [-0.1, -0.05) is 45.7 Å². The first-order chi connectivity index (χ1) is 9.58. The van der Waals surface area contributed by atoms with E-state index in [1.54, 1.807) is 12.1 Å². The summed E-state index contributed by atoms with van der Waals surface area (Å²) in [4.78, 5) is 0. The molecule has 1 unspecified atom stereocenters. The van der Waals surface area contributed by atoms with Gasteiger partial charge in [-0.3, -0.25) is 0 Å². The minimum absolute atomic E-state index is 0.211. The molecule has 0 saturated heterocycles. The number of rotatable bonds is 5. The standard InChI is InChI=1S/C16H14BrCl2F/c17-14-5-4-13(16(19)9-14)7-12(10-18)6-11-2-1-3-15(20)8-11/h1-5,8-9,12H,6-7,10H2. The van der Waals surface area contributed by atoms with Crippen LogP contribution in [0.1, 0.15) is 11.1 Å². The molecule has 0 aliphatic carbocycles. The fraction of sp³-hybridized carbons (Fsp3) is 0.250. The minimum Gasteiger partial charge on any atom is -0.207 e. The van der Waals surface area contributed by atoms with Crippen LogP contribution in [0, 0.1) is 11.7 Å².